The Hall–Kier alpha value is -0.770. The maximum Gasteiger partial charge on any atom is 0.0639 e. The van der Waals surface area contributed by atoms with Crippen LogP contribution in [0.15, 0.2) is 24.3 Å². The minimum atomic E-state index is 0.760. The van der Waals surface area contributed by atoms with E-state index >= 15 is 0 Å². The molecule has 2 aliphatic rings. The first-order valence-corrected chi connectivity index (χ1v) is 7.16. The maximum absolute atomic E-state index is 6.28. The van der Waals surface area contributed by atoms with Crippen LogP contribution in [0.4, 0.5) is 5.69 Å². The van der Waals surface area contributed by atoms with Crippen LogP contribution in [0, 0.1) is 0 Å². The summed E-state index contributed by atoms with van der Waals surface area (Å²) in [4.78, 5) is 5.04. The second-order valence-electron chi connectivity index (χ2n) is 5.14. The number of nitrogens with zero attached hydrogens (tertiary/aromatic N) is 2. The van der Waals surface area contributed by atoms with Gasteiger partial charge >= 0.3 is 0 Å². The molecular formula is C14H20ClN3. The summed E-state index contributed by atoms with van der Waals surface area (Å²) in [5.41, 5.74) is 1.19. The molecule has 2 aliphatic heterocycles. The SMILES string of the molecule is Clc1ccccc1N1CCCN(C2CNC2)CC1. The Bertz CT molecular complexity index is 406. The smallest absolute Gasteiger partial charge is 0.0639 e. The van der Waals surface area contributed by atoms with Gasteiger partial charge in [-0.1, -0.05) is 23.7 Å². The van der Waals surface area contributed by atoms with Crippen LogP contribution in [-0.2, 0) is 0 Å². The number of anilines is 1. The normalized spacial score (nSPS) is 22.6. The number of rotatable bonds is 2. The van der Waals surface area contributed by atoms with Gasteiger partial charge in [0.2, 0.25) is 0 Å². The fourth-order valence-corrected chi connectivity index (χ4v) is 3.04. The standard InChI is InChI=1S/C14H20ClN3/c15-13-4-1-2-5-14(13)18-7-3-6-17(8-9-18)12-10-16-11-12/h1-2,4-5,12,16H,3,6-11H2. The molecule has 0 amide bonds. The Morgan fingerprint density at radius 2 is 1.89 bits per heavy atom. The molecule has 3 nitrogen and oxygen atoms in total. The third-order valence-corrected chi connectivity index (χ3v) is 4.32. The van der Waals surface area contributed by atoms with E-state index in [4.69, 9.17) is 11.6 Å². The summed E-state index contributed by atoms with van der Waals surface area (Å²) >= 11 is 6.28. The van der Waals surface area contributed by atoms with Gasteiger partial charge in [0.15, 0.2) is 0 Å². The topological polar surface area (TPSA) is 18.5 Å². The molecule has 0 unspecified atom stereocenters. The molecule has 2 fully saturated rings. The lowest BCUT2D eigenvalue weighted by Crippen LogP contribution is -2.57. The fraction of sp³-hybridized carbons (Fsp3) is 0.571. The quantitative estimate of drug-likeness (QED) is 0.880. The summed E-state index contributed by atoms with van der Waals surface area (Å²) in [6.45, 7) is 6.88. The average molecular weight is 266 g/mol. The highest BCUT2D eigenvalue weighted by molar-refractivity contribution is 6.33. The molecule has 0 spiro atoms. The molecule has 0 radical (unpaired) electrons. The average Bonchev–Trinajstić information content (AvgIpc) is 2.54. The Kier molecular flexibility index (Phi) is 3.73. The van der Waals surface area contributed by atoms with E-state index in [1.807, 2.05) is 12.1 Å². The lowest BCUT2D eigenvalue weighted by atomic mass is 10.1. The fourth-order valence-electron chi connectivity index (χ4n) is 2.78. The largest absolute Gasteiger partial charge is 0.369 e. The summed E-state index contributed by atoms with van der Waals surface area (Å²) in [6.07, 6.45) is 1.22. The van der Waals surface area contributed by atoms with Gasteiger partial charge in [0.05, 0.1) is 10.7 Å². The summed E-state index contributed by atoms with van der Waals surface area (Å²) in [5, 5.41) is 4.23. The first kappa shape index (κ1) is 12.3. The number of hydrogen-bond donors (Lipinski definition) is 1. The number of halogens is 1. The van der Waals surface area contributed by atoms with Gasteiger partial charge in [-0.15, -0.1) is 0 Å². The molecule has 18 heavy (non-hydrogen) atoms. The van der Waals surface area contributed by atoms with Crippen LogP contribution in [0.1, 0.15) is 6.42 Å². The predicted molar refractivity (Wildman–Crippen MR) is 76.5 cm³/mol. The number of para-hydroxylation sites is 1. The number of nitrogens with one attached hydrogen (secondary N) is 1. The molecule has 1 aromatic rings. The molecule has 0 aliphatic carbocycles. The number of hydrogen-bond acceptors (Lipinski definition) is 3. The second kappa shape index (κ2) is 5.47. The third kappa shape index (κ3) is 2.48. The predicted octanol–water partition coefficient (Wildman–Crippen LogP) is 1.82. The van der Waals surface area contributed by atoms with Gasteiger partial charge in [0.1, 0.15) is 0 Å². The zero-order valence-electron chi connectivity index (χ0n) is 10.6. The molecule has 1 N–H and O–H groups in total. The molecule has 0 saturated carbocycles. The molecule has 1 aromatic carbocycles. The van der Waals surface area contributed by atoms with Crippen molar-refractivity contribution in [3.05, 3.63) is 29.3 Å². The van der Waals surface area contributed by atoms with Crippen molar-refractivity contribution in [1.82, 2.24) is 10.2 Å². The van der Waals surface area contributed by atoms with Gasteiger partial charge < -0.3 is 10.2 Å². The van der Waals surface area contributed by atoms with E-state index in [1.54, 1.807) is 0 Å². The Morgan fingerprint density at radius 3 is 2.61 bits per heavy atom. The van der Waals surface area contributed by atoms with Crippen molar-refractivity contribution in [2.75, 3.05) is 44.2 Å². The van der Waals surface area contributed by atoms with E-state index in [9.17, 15) is 0 Å². The van der Waals surface area contributed by atoms with Crippen LogP contribution in [-0.4, -0.2) is 50.2 Å². The summed E-state index contributed by atoms with van der Waals surface area (Å²) in [6, 6.07) is 8.93. The van der Waals surface area contributed by atoms with E-state index in [-0.39, 0.29) is 0 Å². The van der Waals surface area contributed by atoms with Crippen LogP contribution < -0.4 is 10.2 Å². The highest BCUT2D eigenvalue weighted by Gasteiger charge is 2.26. The van der Waals surface area contributed by atoms with Crippen molar-refractivity contribution in [1.29, 1.82) is 0 Å². The lowest BCUT2D eigenvalue weighted by Gasteiger charge is -2.37. The van der Waals surface area contributed by atoms with Gasteiger partial charge in [0, 0.05) is 45.3 Å². The highest BCUT2D eigenvalue weighted by atomic mass is 35.5. The molecule has 0 bridgehead atoms. The molecule has 4 heteroatoms. The van der Waals surface area contributed by atoms with Crippen LogP contribution in [0.5, 0.6) is 0 Å². The van der Waals surface area contributed by atoms with Crippen LogP contribution >= 0.6 is 11.6 Å². The Morgan fingerprint density at radius 1 is 1.06 bits per heavy atom. The van der Waals surface area contributed by atoms with Crippen molar-refractivity contribution >= 4 is 17.3 Å². The minimum Gasteiger partial charge on any atom is -0.369 e. The summed E-state index contributed by atoms with van der Waals surface area (Å²) < 4.78 is 0. The van der Waals surface area contributed by atoms with Gasteiger partial charge in [-0.05, 0) is 18.6 Å². The van der Waals surface area contributed by atoms with Crippen molar-refractivity contribution in [3.8, 4) is 0 Å². The van der Waals surface area contributed by atoms with Crippen molar-refractivity contribution in [2.24, 2.45) is 0 Å². The molecule has 3 rings (SSSR count). The molecule has 2 saturated heterocycles. The van der Waals surface area contributed by atoms with Gasteiger partial charge in [-0.2, -0.15) is 0 Å². The van der Waals surface area contributed by atoms with E-state index in [0.717, 1.165) is 43.8 Å². The number of benzene rings is 1. The van der Waals surface area contributed by atoms with Crippen molar-refractivity contribution < 1.29 is 0 Å². The summed E-state index contributed by atoms with van der Waals surface area (Å²) in [5.74, 6) is 0. The first-order valence-electron chi connectivity index (χ1n) is 6.79. The third-order valence-electron chi connectivity index (χ3n) is 4.00. The van der Waals surface area contributed by atoms with Crippen LogP contribution in [0.2, 0.25) is 5.02 Å². The second-order valence-corrected chi connectivity index (χ2v) is 5.55. The molecular weight excluding hydrogens is 246 g/mol. The van der Waals surface area contributed by atoms with Gasteiger partial charge in [-0.3, -0.25) is 4.90 Å². The zero-order valence-corrected chi connectivity index (χ0v) is 11.4. The van der Waals surface area contributed by atoms with Crippen molar-refractivity contribution in [3.63, 3.8) is 0 Å². The first-order chi connectivity index (χ1) is 8.84. The van der Waals surface area contributed by atoms with Crippen LogP contribution in [0.25, 0.3) is 0 Å². The zero-order chi connectivity index (χ0) is 12.4. The lowest BCUT2D eigenvalue weighted by molar-refractivity contribution is 0.155. The Labute approximate surface area is 114 Å². The maximum atomic E-state index is 6.28. The highest BCUT2D eigenvalue weighted by Crippen LogP contribution is 2.26. The van der Waals surface area contributed by atoms with E-state index in [1.165, 1.54) is 18.7 Å². The van der Waals surface area contributed by atoms with Gasteiger partial charge in [-0.25, -0.2) is 0 Å². The van der Waals surface area contributed by atoms with E-state index in [0.29, 0.717) is 0 Å². The van der Waals surface area contributed by atoms with Gasteiger partial charge in [0.25, 0.3) is 0 Å². The molecule has 2 heterocycles. The van der Waals surface area contributed by atoms with E-state index in [2.05, 4.69) is 27.2 Å². The molecule has 0 aromatic heterocycles. The minimum absolute atomic E-state index is 0.760. The molecule has 98 valence electrons. The van der Waals surface area contributed by atoms with Crippen LogP contribution in [0.3, 0.4) is 0 Å². The molecule has 0 atom stereocenters. The van der Waals surface area contributed by atoms with E-state index < -0.39 is 0 Å². The Balaban J connectivity index is 1.66. The van der Waals surface area contributed by atoms with Crippen molar-refractivity contribution in [2.45, 2.75) is 12.5 Å². The summed E-state index contributed by atoms with van der Waals surface area (Å²) in [7, 11) is 0. The monoisotopic (exact) mass is 265 g/mol.